The molecular formula is C17H11BrN2S. The molecule has 0 amide bonds. The number of hydrogen-bond donors (Lipinski definition) is 1. The molecule has 0 spiro atoms. The first-order chi connectivity index (χ1) is 10.2. The first-order valence-corrected chi connectivity index (χ1v) is 7.95. The highest BCUT2D eigenvalue weighted by Gasteiger charge is 2.18. The maximum absolute atomic E-state index is 9.27. The summed E-state index contributed by atoms with van der Waals surface area (Å²) in [7, 11) is 0. The van der Waals surface area contributed by atoms with Gasteiger partial charge in [0, 0.05) is 14.9 Å². The highest BCUT2D eigenvalue weighted by Crippen LogP contribution is 2.44. The number of nitriles is 1. The Bertz CT molecular complexity index is 814. The summed E-state index contributed by atoms with van der Waals surface area (Å²) in [5.74, 6) is 0. The van der Waals surface area contributed by atoms with Crippen LogP contribution in [0.25, 0.3) is 21.6 Å². The normalized spacial score (nSPS) is 10.3. The van der Waals surface area contributed by atoms with Crippen molar-refractivity contribution in [2.24, 2.45) is 0 Å². The van der Waals surface area contributed by atoms with E-state index in [2.05, 4.69) is 22.0 Å². The fourth-order valence-electron chi connectivity index (χ4n) is 2.22. The molecule has 1 aromatic heterocycles. The zero-order chi connectivity index (χ0) is 14.8. The molecule has 2 aromatic carbocycles. The number of hydrogen-bond acceptors (Lipinski definition) is 3. The van der Waals surface area contributed by atoms with E-state index < -0.39 is 0 Å². The number of rotatable bonds is 2. The Morgan fingerprint density at radius 1 is 0.952 bits per heavy atom. The predicted molar refractivity (Wildman–Crippen MR) is 92.0 cm³/mol. The number of nitrogens with two attached hydrogens (primary N) is 1. The average molecular weight is 355 g/mol. The van der Waals surface area contributed by atoms with Crippen molar-refractivity contribution < 1.29 is 0 Å². The number of nitrogen functional groups attached to an aromatic ring is 1. The molecule has 0 radical (unpaired) electrons. The zero-order valence-corrected chi connectivity index (χ0v) is 13.4. The third kappa shape index (κ3) is 2.58. The molecular weight excluding hydrogens is 344 g/mol. The Hall–Kier alpha value is -2.09. The number of anilines is 1. The van der Waals surface area contributed by atoms with Crippen molar-refractivity contribution in [3.63, 3.8) is 0 Å². The SMILES string of the molecule is N#Cc1sc(-c2ccc(Br)cc2)c(-c2ccccc2)c1N. The summed E-state index contributed by atoms with van der Waals surface area (Å²) in [6.45, 7) is 0. The van der Waals surface area contributed by atoms with Gasteiger partial charge in [0.2, 0.25) is 0 Å². The van der Waals surface area contributed by atoms with Gasteiger partial charge in [-0.2, -0.15) is 5.26 Å². The van der Waals surface area contributed by atoms with Gasteiger partial charge in [0.15, 0.2) is 0 Å². The topological polar surface area (TPSA) is 49.8 Å². The van der Waals surface area contributed by atoms with Crippen molar-refractivity contribution in [1.29, 1.82) is 5.26 Å². The van der Waals surface area contributed by atoms with E-state index in [-0.39, 0.29) is 0 Å². The van der Waals surface area contributed by atoms with Crippen molar-refractivity contribution >= 4 is 33.0 Å². The van der Waals surface area contributed by atoms with Gasteiger partial charge in [-0.1, -0.05) is 58.4 Å². The molecule has 0 fully saturated rings. The Kier molecular flexibility index (Phi) is 3.78. The van der Waals surface area contributed by atoms with Gasteiger partial charge >= 0.3 is 0 Å². The van der Waals surface area contributed by atoms with Crippen LogP contribution in [0.4, 0.5) is 5.69 Å². The van der Waals surface area contributed by atoms with E-state index in [1.54, 1.807) is 0 Å². The molecule has 0 aliphatic rings. The van der Waals surface area contributed by atoms with E-state index in [1.165, 1.54) is 11.3 Å². The standard InChI is InChI=1S/C17H11BrN2S/c18-13-8-6-12(7-9-13)17-15(11-4-2-1-3-5-11)16(20)14(10-19)21-17/h1-9H,20H2. The van der Waals surface area contributed by atoms with Crippen LogP contribution >= 0.6 is 27.3 Å². The first-order valence-electron chi connectivity index (χ1n) is 6.34. The summed E-state index contributed by atoms with van der Waals surface area (Å²) < 4.78 is 1.03. The molecule has 0 saturated heterocycles. The highest BCUT2D eigenvalue weighted by molar-refractivity contribution is 9.10. The first kappa shape index (κ1) is 13.9. The van der Waals surface area contributed by atoms with Gasteiger partial charge in [-0.3, -0.25) is 0 Å². The molecule has 4 heteroatoms. The molecule has 0 saturated carbocycles. The number of nitrogens with zero attached hydrogens (tertiary/aromatic N) is 1. The summed E-state index contributed by atoms with van der Waals surface area (Å²) in [6.07, 6.45) is 0. The van der Waals surface area contributed by atoms with Crippen molar-refractivity contribution in [3.8, 4) is 27.6 Å². The van der Waals surface area contributed by atoms with Gasteiger partial charge in [-0.05, 0) is 23.3 Å². The van der Waals surface area contributed by atoms with Crippen molar-refractivity contribution in [2.45, 2.75) is 0 Å². The van der Waals surface area contributed by atoms with E-state index in [0.717, 1.165) is 26.0 Å². The number of thiophene rings is 1. The molecule has 21 heavy (non-hydrogen) atoms. The van der Waals surface area contributed by atoms with E-state index in [0.29, 0.717) is 10.6 Å². The van der Waals surface area contributed by atoms with Gasteiger partial charge < -0.3 is 5.73 Å². The molecule has 102 valence electrons. The van der Waals surface area contributed by atoms with Crippen LogP contribution in [0, 0.1) is 11.3 Å². The van der Waals surface area contributed by atoms with Crippen LogP contribution in [0.1, 0.15) is 4.88 Å². The molecule has 1 heterocycles. The van der Waals surface area contributed by atoms with E-state index >= 15 is 0 Å². The molecule has 3 rings (SSSR count). The van der Waals surface area contributed by atoms with E-state index in [4.69, 9.17) is 5.73 Å². The van der Waals surface area contributed by atoms with Crippen LogP contribution in [0.3, 0.4) is 0 Å². The Morgan fingerprint density at radius 3 is 2.24 bits per heavy atom. The predicted octanol–water partition coefficient (Wildman–Crippen LogP) is 5.30. The smallest absolute Gasteiger partial charge is 0.129 e. The molecule has 3 aromatic rings. The van der Waals surface area contributed by atoms with Gasteiger partial charge in [0.25, 0.3) is 0 Å². The van der Waals surface area contributed by atoms with Crippen LogP contribution in [0.5, 0.6) is 0 Å². The lowest BCUT2D eigenvalue weighted by Gasteiger charge is -2.06. The quantitative estimate of drug-likeness (QED) is 0.678. The second kappa shape index (κ2) is 5.72. The van der Waals surface area contributed by atoms with Crippen molar-refractivity contribution in [1.82, 2.24) is 0 Å². The lowest BCUT2D eigenvalue weighted by atomic mass is 10.0. The van der Waals surface area contributed by atoms with E-state index in [9.17, 15) is 5.26 Å². The van der Waals surface area contributed by atoms with Gasteiger partial charge in [-0.25, -0.2) is 0 Å². The molecule has 2 nitrogen and oxygen atoms in total. The van der Waals surface area contributed by atoms with Gasteiger partial charge in [0.05, 0.1) is 5.69 Å². The Labute approximate surface area is 135 Å². The minimum atomic E-state index is 0.562. The Balaban J connectivity index is 2.26. The van der Waals surface area contributed by atoms with Gasteiger partial charge in [0.1, 0.15) is 10.9 Å². The minimum absolute atomic E-state index is 0.562. The zero-order valence-electron chi connectivity index (χ0n) is 11.0. The van der Waals surface area contributed by atoms with Gasteiger partial charge in [-0.15, -0.1) is 11.3 Å². The second-order valence-corrected chi connectivity index (χ2v) is 6.47. The largest absolute Gasteiger partial charge is 0.396 e. The minimum Gasteiger partial charge on any atom is -0.396 e. The summed E-state index contributed by atoms with van der Waals surface area (Å²) in [5, 5.41) is 9.27. The molecule has 0 aliphatic carbocycles. The van der Waals surface area contributed by atoms with Crippen LogP contribution in [0.2, 0.25) is 0 Å². The molecule has 0 aliphatic heterocycles. The number of benzene rings is 2. The summed E-state index contributed by atoms with van der Waals surface area (Å²) in [5.41, 5.74) is 9.80. The fraction of sp³-hybridized carbons (Fsp3) is 0. The van der Waals surface area contributed by atoms with Crippen molar-refractivity contribution in [2.75, 3.05) is 5.73 Å². The summed E-state index contributed by atoms with van der Waals surface area (Å²) >= 11 is 4.88. The van der Waals surface area contributed by atoms with Crippen LogP contribution in [-0.2, 0) is 0 Å². The summed E-state index contributed by atoms with van der Waals surface area (Å²) in [4.78, 5) is 1.59. The monoisotopic (exact) mass is 354 g/mol. The highest BCUT2D eigenvalue weighted by atomic mass is 79.9. The van der Waals surface area contributed by atoms with Crippen LogP contribution in [0.15, 0.2) is 59.1 Å². The molecule has 0 unspecified atom stereocenters. The maximum atomic E-state index is 9.27. The summed E-state index contributed by atoms with van der Waals surface area (Å²) in [6, 6.07) is 20.2. The Morgan fingerprint density at radius 2 is 1.62 bits per heavy atom. The van der Waals surface area contributed by atoms with Crippen LogP contribution in [-0.4, -0.2) is 0 Å². The lowest BCUT2D eigenvalue weighted by molar-refractivity contribution is 1.52. The second-order valence-electron chi connectivity index (χ2n) is 4.53. The maximum Gasteiger partial charge on any atom is 0.129 e. The van der Waals surface area contributed by atoms with E-state index in [1.807, 2.05) is 54.6 Å². The molecule has 0 bridgehead atoms. The van der Waals surface area contributed by atoms with Crippen LogP contribution < -0.4 is 5.73 Å². The molecule has 2 N–H and O–H groups in total. The molecule has 0 atom stereocenters. The third-order valence-corrected chi connectivity index (χ3v) is 4.90. The number of halogens is 1. The third-order valence-electron chi connectivity index (χ3n) is 3.22. The van der Waals surface area contributed by atoms with Crippen molar-refractivity contribution in [3.05, 3.63) is 63.9 Å². The lowest BCUT2D eigenvalue weighted by Crippen LogP contribution is -1.89. The average Bonchev–Trinajstić information content (AvgIpc) is 2.85. The fourth-order valence-corrected chi connectivity index (χ4v) is 3.53.